The molecule has 0 amide bonds. The Labute approximate surface area is 75.6 Å². The summed E-state index contributed by atoms with van der Waals surface area (Å²) in [6.07, 6.45) is 1.95. The number of nitrogens with zero attached hydrogens (tertiary/aromatic N) is 1. The molecule has 64 valence electrons. The molecule has 5 heteroatoms. The number of hydrogen-bond acceptors (Lipinski definition) is 2. The Morgan fingerprint density at radius 2 is 2.42 bits per heavy atom. The van der Waals surface area contributed by atoms with Gasteiger partial charge in [0.25, 0.3) is 0 Å². The molecule has 1 saturated heterocycles. The van der Waals surface area contributed by atoms with Crippen molar-refractivity contribution >= 4 is 14.8 Å². The van der Waals surface area contributed by atoms with Crippen molar-refractivity contribution < 1.29 is 13.9 Å². The molecule has 1 aliphatic rings. The van der Waals surface area contributed by atoms with E-state index in [0.29, 0.717) is 0 Å². The van der Waals surface area contributed by atoms with E-state index in [1.165, 1.54) is 0 Å². The summed E-state index contributed by atoms with van der Waals surface area (Å²) in [5.41, 5.74) is 0. The van der Waals surface area contributed by atoms with Gasteiger partial charge in [0.2, 0.25) is 0 Å². The van der Waals surface area contributed by atoms with Gasteiger partial charge in [0, 0.05) is 0 Å². The summed E-state index contributed by atoms with van der Waals surface area (Å²) >= 11 is 0. The molecule has 0 bridgehead atoms. The summed E-state index contributed by atoms with van der Waals surface area (Å²) in [6.45, 7) is 7.62. The fraction of sp³-hybridized carbons (Fsp3) is 0.714. The topological polar surface area (TPSA) is 26.3 Å². The Morgan fingerprint density at radius 3 is 2.75 bits per heavy atom. The molecule has 2 radical (unpaired) electrons. The Kier molecular flexibility index (Phi) is 5.93. The van der Waals surface area contributed by atoms with E-state index < -0.39 is 0 Å². The average Bonchev–Trinajstić information content (AvgIpc) is 2.38. The number of ether oxygens (including phenoxy) is 1. The minimum atomic E-state index is 0.250. The SMILES string of the molecule is C=CC[N+]1(C)CCOC1.[B]B=O. The molecule has 1 unspecified atom stereocenters. The Hall–Kier alpha value is -0.410. The van der Waals surface area contributed by atoms with Gasteiger partial charge in [-0.25, -0.2) is 0 Å². The van der Waals surface area contributed by atoms with Crippen LogP contribution in [0.3, 0.4) is 0 Å². The third kappa shape index (κ3) is 4.46. The van der Waals surface area contributed by atoms with E-state index in [9.17, 15) is 0 Å². The second-order valence-electron chi connectivity index (χ2n) is 2.99. The zero-order valence-electron chi connectivity index (χ0n) is 7.53. The van der Waals surface area contributed by atoms with Crippen LogP contribution in [0.1, 0.15) is 0 Å². The molecular weight excluding hydrogens is 152 g/mol. The fourth-order valence-electron chi connectivity index (χ4n) is 1.09. The van der Waals surface area contributed by atoms with E-state index in [0.717, 1.165) is 30.9 Å². The third-order valence-corrected chi connectivity index (χ3v) is 1.75. The van der Waals surface area contributed by atoms with Crippen LogP contribution in [0.25, 0.3) is 0 Å². The first kappa shape index (κ1) is 11.6. The van der Waals surface area contributed by atoms with E-state index >= 15 is 0 Å². The molecule has 12 heavy (non-hydrogen) atoms. The van der Waals surface area contributed by atoms with Crippen molar-refractivity contribution in [2.45, 2.75) is 0 Å². The van der Waals surface area contributed by atoms with Crippen LogP contribution < -0.4 is 0 Å². The van der Waals surface area contributed by atoms with Crippen molar-refractivity contribution in [3.05, 3.63) is 12.7 Å². The van der Waals surface area contributed by atoms with E-state index in [2.05, 4.69) is 21.4 Å². The molecule has 1 fully saturated rings. The van der Waals surface area contributed by atoms with E-state index in [1.807, 2.05) is 6.08 Å². The predicted octanol–water partition coefficient (Wildman–Crippen LogP) is -0.274. The normalized spacial score (nSPS) is 26.8. The van der Waals surface area contributed by atoms with E-state index in [1.54, 1.807) is 0 Å². The molecule has 0 aromatic heterocycles. The summed E-state index contributed by atoms with van der Waals surface area (Å²) in [5, 5.41) is 0. The molecule has 1 rings (SSSR count). The van der Waals surface area contributed by atoms with Gasteiger partial charge in [0.05, 0.1) is 13.6 Å². The number of quaternary nitrogens is 1. The monoisotopic (exact) mass is 166 g/mol. The van der Waals surface area contributed by atoms with Gasteiger partial charge in [-0.3, -0.25) is 4.48 Å². The summed E-state index contributed by atoms with van der Waals surface area (Å²) < 4.78 is 14.8. The van der Waals surface area contributed by atoms with E-state index in [4.69, 9.17) is 9.44 Å². The standard InChI is InChI=1S/C7H14NO.B2O/c1-3-4-8(2)5-6-9-7-8;1-2-3/h3H,1,4-7H2,2H3;/q+1;. The van der Waals surface area contributed by atoms with Gasteiger partial charge in [-0.1, -0.05) is 6.58 Å². The van der Waals surface area contributed by atoms with Crippen molar-refractivity contribution in [3.63, 3.8) is 0 Å². The average molecular weight is 166 g/mol. The minimum absolute atomic E-state index is 0.250. The quantitative estimate of drug-likeness (QED) is 0.320. The van der Waals surface area contributed by atoms with Crippen LogP contribution in [0, 0.1) is 0 Å². The first-order valence-electron chi connectivity index (χ1n) is 3.86. The Balaban J connectivity index is 0.000000354. The van der Waals surface area contributed by atoms with Crippen molar-refractivity contribution in [2.24, 2.45) is 0 Å². The van der Waals surface area contributed by atoms with Crippen LogP contribution in [0.2, 0.25) is 0 Å². The zero-order valence-corrected chi connectivity index (χ0v) is 7.53. The third-order valence-electron chi connectivity index (χ3n) is 1.75. The molecule has 1 atom stereocenters. The van der Waals surface area contributed by atoms with Crippen molar-refractivity contribution in [3.8, 4) is 0 Å². The second kappa shape index (κ2) is 6.14. The van der Waals surface area contributed by atoms with E-state index in [-0.39, 0.29) is 7.04 Å². The predicted molar refractivity (Wildman–Crippen MR) is 49.1 cm³/mol. The van der Waals surface area contributed by atoms with Gasteiger partial charge in [-0.15, -0.1) is 0 Å². The first-order chi connectivity index (χ1) is 5.68. The molecule has 0 aliphatic carbocycles. The van der Waals surface area contributed by atoms with Gasteiger partial charge < -0.3 is 4.74 Å². The van der Waals surface area contributed by atoms with Crippen molar-refractivity contribution in [2.75, 3.05) is 33.5 Å². The molecular formula is C7H14B2NO2+. The van der Waals surface area contributed by atoms with Gasteiger partial charge in [0.1, 0.15) is 13.2 Å². The fourth-order valence-corrected chi connectivity index (χ4v) is 1.09. The maximum absolute atomic E-state index is 8.58. The molecule has 0 saturated carbocycles. The molecule has 0 aromatic carbocycles. The van der Waals surface area contributed by atoms with Crippen molar-refractivity contribution in [1.29, 1.82) is 0 Å². The zero-order chi connectivity index (χ0) is 9.45. The Bertz CT molecular complexity index is 146. The Morgan fingerprint density at radius 1 is 1.83 bits per heavy atom. The number of rotatable bonds is 2. The van der Waals surface area contributed by atoms with Gasteiger partial charge in [-0.2, -0.15) is 0 Å². The summed E-state index contributed by atoms with van der Waals surface area (Å²) in [5.74, 6) is 0. The molecule has 1 aliphatic heterocycles. The molecule has 0 N–H and O–H groups in total. The molecule has 0 spiro atoms. The van der Waals surface area contributed by atoms with Crippen LogP contribution in [0.15, 0.2) is 12.7 Å². The molecule has 1 heterocycles. The summed E-state index contributed by atoms with van der Waals surface area (Å²) in [6, 6.07) is 0. The van der Waals surface area contributed by atoms with Gasteiger partial charge in [0.15, 0.2) is 6.73 Å². The van der Waals surface area contributed by atoms with Crippen LogP contribution >= 0.6 is 0 Å². The molecule has 0 aromatic rings. The summed E-state index contributed by atoms with van der Waals surface area (Å²) in [7, 11) is 6.61. The maximum atomic E-state index is 8.58. The van der Waals surface area contributed by atoms with Crippen LogP contribution in [-0.4, -0.2) is 52.7 Å². The first-order valence-corrected chi connectivity index (χ1v) is 3.86. The van der Waals surface area contributed by atoms with Crippen LogP contribution in [-0.2, 0) is 9.44 Å². The summed E-state index contributed by atoms with van der Waals surface area (Å²) in [4.78, 5) is 0. The molecule has 3 nitrogen and oxygen atoms in total. The second-order valence-corrected chi connectivity index (χ2v) is 2.99. The van der Waals surface area contributed by atoms with Gasteiger partial charge in [-0.05, 0) is 6.08 Å². The van der Waals surface area contributed by atoms with Crippen molar-refractivity contribution in [1.82, 2.24) is 0 Å². The number of hydrogen-bond donors (Lipinski definition) is 0. The van der Waals surface area contributed by atoms with Gasteiger partial charge >= 0.3 is 19.5 Å². The number of likely N-dealkylation sites (N-methyl/N-ethyl adjacent to an activating group) is 1. The van der Waals surface area contributed by atoms with Crippen LogP contribution in [0.4, 0.5) is 0 Å². The van der Waals surface area contributed by atoms with Crippen LogP contribution in [0.5, 0.6) is 0 Å².